The molecule has 0 amide bonds. The lowest BCUT2D eigenvalue weighted by Gasteiger charge is -2.26. The molecule has 0 spiro atoms. The minimum Gasteiger partial charge on any atom is -0.456 e. The molecule has 258 valence electrons. The van der Waals surface area contributed by atoms with E-state index in [1.54, 1.807) is 0 Å². The van der Waals surface area contributed by atoms with Crippen molar-refractivity contribution in [3.8, 4) is 27.9 Å². The van der Waals surface area contributed by atoms with E-state index in [4.69, 9.17) is 4.42 Å². The minimum absolute atomic E-state index is 0.901. The van der Waals surface area contributed by atoms with Crippen LogP contribution in [-0.2, 0) is 0 Å². The molecule has 2 aromatic heterocycles. The Morgan fingerprint density at radius 1 is 0.364 bits per heavy atom. The first kappa shape index (κ1) is 31.2. The van der Waals surface area contributed by atoms with E-state index in [1.807, 2.05) is 12.1 Å². The van der Waals surface area contributed by atoms with Gasteiger partial charge in [-0.05, 0) is 112 Å². The highest BCUT2D eigenvalue weighted by Gasteiger charge is 2.18. The molecule has 3 nitrogen and oxygen atoms in total. The number of hydrogen-bond donors (Lipinski definition) is 0. The van der Waals surface area contributed by atoms with Crippen molar-refractivity contribution in [3.05, 3.63) is 206 Å². The van der Waals surface area contributed by atoms with Crippen molar-refractivity contribution < 1.29 is 4.42 Å². The first-order valence-corrected chi connectivity index (χ1v) is 18.8. The maximum atomic E-state index is 6.24. The van der Waals surface area contributed by atoms with E-state index in [0.717, 1.165) is 55.8 Å². The van der Waals surface area contributed by atoms with E-state index >= 15 is 0 Å². The third-order valence-corrected chi connectivity index (χ3v) is 11.0. The largest absolute Gasteiger partial charge is 0.456 e. The zero-order chi connectivity index (χ0) is 36.3. The molecular formula is C52H34N2O. The molecule has 55 heavy (non-hydrogen) atoms. The number of rotatable bonds is 6. The van der Waals surface area contributed by atoms with Gasteiger partial charge in [0.1, 0.15) is 11.2 Å². The number of hydrogen-bond acceptors (Lipinski definition) is 2. The normalized spacial score (nSPS) is 11.6. The van der Waals surface area contributed by atoms with Gasteiger partial charge >= 0.3 is 0 Å². The SMILES string of the molecule is c1cc(-c2ccc3ccccc3c2)cc(N(c2ccc(-c3cccc4oc5ccccc5c34)cc2)c2ccc(-n3c4ccccc4c4ccccc43)cc2)c1. The summed E-state index contributed by atoms with van der Waals surface area (Å²) in [5.74, 6) is 0. The highest BCUT2D eigenvalue weighted by molar-refractivity contribution is 6.12. The average Bonchev–Trinajstić information content (AvgIpc) is 3.80. The third-order valence-electron chi connectivity index (χ3n) is 11.0. The van der Waals surface area contributed by atoms with Crippen LogP contribution in [0.5, 0.6) is 0 Å². The summed E-state index contributed by atoms with van der Waals surface area (Å²) in [4.78, 5) is 2.36. The molecule has 0 radical (unpaired) electrons. The van der Waals surface area contributed by atoms with Crippen LogP contribution >= 0.6 is 0 Å². The molecule has 0 aliphatic heterocycles. The van der Waals surface area contributed by atoms with Crippen LogP contribution in [-0.4, -0.2) is 4.57 Å². The second-order valence-electron chi connectivity index (χ2n) is 14.2. The van der Waals surface area contributed by atoms with Gasteiger partial charge in [-0.2, -0.15) is 0 Å². The summed E-state index contributed by atoms with van der Waals surface area (Å²) in [5, 5.41) is 7.27. The molecule has 0 bridgehead atoms. The van der Waals surface area contributed by atoms with E-state index in [-0.39, 0.29) is 0 Å². The van der Waals surface area contributed by atoms with Crippen LogP contribution in [0, 0.1) is 0 Å². The Morgan fingerprint density at radius 2 is 0.945 bits per heavy atom. The maximum Gasteiger partial charge on any atom is 0.136 e. The molecule has 0 N–H and O–H groups in total. The van der Waals surface area contributed by atoms with E-state index in [0.29, 0.717) is 0 Å². The lowest BCUT2D eigenvalue weighted by Crippen LogP contribution is -2.10. The monoisotopic (exact) mass is 702 g/mol. The van der Waals surface area contributed by atoms with Crippen molar-refractivity contribution >= 4 is 71.6 Å². The smallest absolute Gasteiger partial charge is 0.136 e. The van der Waals surface area contributed by atoms with Crippen molar-refractivity contribution in [2.24, 2.45) is 0 Å². The van der Waals surface area contributed by atoms with Gasteiger partial charge in [0.2, 0.25) is 0 Å². The maximum absolute atomic E-state index is 6.24. The van der Waals surface area contributed by atoms with Crippen LogP contribution < -0.4 is 4.90 Å². The molecule has 0 aliphatic rings. The van der Waals surface area contributed by atoms with E-state index in [1.165, 1.54) is 43.7 Å². The number of para-hydroxylation sites is 3. The summed E-state index contributed by atoms with van der Waals surface area (Å²) >= 11 is 0. The van der Waals surface area contributed by atoms with Gasteiger partial charge in [-0.15, -0.1) is 0 Å². The highest BCUT2D eigenvalue weighted by atomic mass is 16.3. The first-order chi connectivity index (χ1) is 27.3. The molecule has 11 rings (SSSR count). The number of benzene rings is 9. The zero-order valence-corrected chi connectivity index (χ0v) is 29.9. The number of aromatic nitrogens is 1. The van der Waals surface area contributed by atoms with Gasteiger partial charge in [-0.1, -0.05) is 127 Å². The molecule has 0 saturated heterocycles. The second kappa shape index (κ2) is 12.6. The molecular weight excluding hydrogens is 669 g/mol. The average molecular weight is 703 g/mol. The summed E-state index contributed by atoms with van der Waals surface area (Å²) < 4.78 is 8.61. The van der Waals surface area contributed by atoms with E-state index in [9.17, 15) is 0 Å². The van der Waals surface area contributed by atoms with Crippen molar-refractivity contribution in [1.82, 2.24) is 4.57 Å². The molecule has 0 fully saturated rings. The van der Waals surface area contributed by atoms with Crippen molar-refractivity contribution in [2.75, 3.05) is 4.90 Å². The van der Waals surface area contributed by atoms with Crippen LogP contribution in [0.2, 0.25) is 0 Å². The molecule has 0 unspecified atom stereocenters. The lowest BCUT2D eigenvalue weighted by atomic mass is 9.98. The third kappa shape index (κ3) is 5.20. The quantitative estimate of drug-likeness (QED) is 0.172. The number of anilines is 3. The number of furan rings is 1. The fraction of sp³-hybridized carbons (Fsp3) is 0. The van der Waals surface area contributed by atoms with Crippen molar-refractivity contribution in [3.63, 3.8) is 0 Å². The van der Waals surface area contributed by atoms with Crippen molar-refractivity contribution in [2.45, 2.75) is 0 Å². The van der Waals surface area contributed by atoms with Crippen LogP contribution in [0.25, 0.3) is 82.5 Å². The molecule has 9 aromatic carbocycles. The predicted octanol–water partition coefficient (Wildman–Crippen LogP) is 14.6. The van der Waals surface area contributed by atoms with Crippen LogP contribution in [0.15, 0.2) is 211 Å². The summed E-state index contributed by atoms with van der Waals surface area (Å²) in [6.07, 6.45) is 0. The summed E-state index contributed by atoms with van der Waals surface area (Å²) in [5.41, 5.74) is 13.3. The molecule has 11 aromatic rings. The van der Waals surface area contributed by atoms with Crippen LogP contribution in [0.4, 0.5) is 17.1 Å². The van der Waals surface area contributed by atoms with Crippen LogP contribution in [0.3, 0.4) is 0 Å². The number of fused-ring (bicyclic) bond motifs is 7. The molecule has 0 saturated carbocycles. The molecule has 3 heteroatoms. The molecule has 2 heterocycles. The summed E-state index contributed by atoms with van der Waals surface area (Å²) in [7, 11) is 0. The van der Waals surface area contributed by atoms with Gasteiger partial charge in [0.25, 0.3) is 0 Å². The van der Waals surface area contributed by atoms with Gasteiger partial charge in [-0.3, -0.25) is 0 Å². The van der Waals surface area contributed by atoms with Crippen LogP contribution in [0.1, 0.15) is 0 Å². The second-order valence-corrected chi connectivity index (χ2v) is 14.2. The molecule has 0 atom stereocenters. The predicted molar refractivity (Wildman–Crippen MR) is 231 cm³/mol. The minimum atomic E-state index is 0.901. The Labute approximate surface area is 318 Å². The molecule has 0 aliphatic carbocycles. The van der Waals surface area contributed by atoms with Gasteiger partial charge in [0.15, 0.2) is 0 Å². The van der Waals surface area contributed by atoms with E-state index in [2.05, 4.69) is 204 Å². The Bertz CT molecular complexity index is 3150. The van der Waals surface area contributed by atoms with E-state index < -0.39 is 0 Å². The fourth-order valence-corrected chi connectivity index (χ4v) is 8.40. The van der Waals surface area contributed by atoms with Gasteiger partial charge in [0, 0.05) is 44.3 Å². The standard InChI is InChI=1S/C52H34N2O/c1-2-12-37-33-39(24-23-35(37)11-1)38-13-9-14-43(34-38)53(40-27-25-36(26-28-40)44-18-10-22-51-52(44)47-17-5-8-21-50(47)55-51)41-29-31-42(32-30-41)54-48-19-6-3-15-45(48)46-16-4-7-20-49(46)54/h1-34H. The van der Waals surface area contributed by atoms with Gasteiger partial charge in [0.05, 0.1) is 11.0 Å². The lowest BCUT2D eigenvalue weighted by molar-refractivity contribution is 0.669. The summed E-state index contributed by atoms with van der Waals surface area (Å²) in [6.45, 7) is 0. The Hall–Kier alpha value is -7.36. The Morgan fingerprint density at radius 3 is 1.71 bits per heavy atom. The van der Waals surface area contributed by atoms with Crippen molar-refractivity contribution in [1.29, 1.82) is 0 Å². The fourth-order valence-electron chi connectivity index (χ4n) is 8.40. The number of nitrogens with zero attached hydrogens (tertiary/aromatic N) is 2. The van der Waals surface area contributed by atoms with Gasteiger partial charge in [-0.25, -0.2) is 0 Å². The Kier molecular flexibility index (Phi) is 7.17. The first-order valence-electron chi connectivity index (χ1n) is 18.8. The summed E-state index contributed by atoms with van der Waals surface area (Å²) in [6, 6.07) is 74.0. The zero-order valence-electron chi connectivity index (χ0n) is 29.9. The van der Waals surface area contributed by atoms with Gasteiger partial charge < -0.3 is 13.9 Å². The Balaban J connectivity index is 1.04. The highest BCUT2D eigenvalue weighted by Crippen LogP contribution is 2.41. The topological polar surface area (TPSA) is 21.3 Å².